The van der Waals surface area contributed by atoms with Crippen LogP contribution >= 0.6 is 0 Å². The highest BCUT2D eigenvalue weighted by molar-refractivity contribution is 5.79. The maximum atomic E-state index is 12.3. The van der Waals surface area contributed by atoms with E-state index >= 15 is 0 Å². The van der Waals surface area contributed by atoms with Gasteiger partial charge < -0.3 is 5.32 Å². The lowest BCUT2D eigenvalue weighted by atomic mass is 10.1. The predicted molar refractivity (Wildman–Crippen MR) is 107 cm³/mol. The number of hydrogen-bond acceptors (Lipinski definition) is 3. The van der Waals surface area contributed by atoms with Crippen molar-refractivity contribution in [1.29, 1.82) is 0 Å². The Bertz CT molecular complexity index is 1190. The van der Waals surface area contributed by atoms with Crippen LogP contribution in [0.5, 0.6) is 0 Å². The molecule has 0 spiro atoms. The summed E-state index contributed by atoms with van der Waals surface area (Å²) in [6.07, 6.45) is 2.57. The standard InChI is InChI=1S/C22H17F3N4O/c23-22(24,25)14-28-21(30)10-15-3-1-4-17(9-15)19-13-27-20-11-16(6-8-29(19)20)18-5-2-7-26-12-18/h1-9,11-13H,10,14H2,(H,28,30). The molecule has 4 rings (SSSR count). The van der Waals surface area contributed by atoms with Gasteiger partial charge in [-0.15, -0.1) is 0 Å². The van der Waals surface area contributed by atoms with Gasteiger partial charge in [0.15, 0.2) is 0 Å². The first-order valence-corrected chi connectivity index (χ1v) is 9.19. The van der Waals surface area contributed by atoms with Crippen molar-refractivity contribution in [1.82, 2.24) is 19.7 Å². The molecule has 3 heterocycles. The molecule has 8 heteroatoms. The first-order chi connectivity index (χ1) is 14.4. The lowest BCUT2D eigenvalue weighted by Crippen LogP contribution is -2.34. The number of nitrogens with one attached hydrogen (secondary N) is 1. The third-order valence-corrected chi connectivity index (χ3v) is 4.58. The Morgan fingerprint density at radius 1 is 1.00 bits per heavy atom. The Morgan fingerprint density at radius 3 is 2.60 bits per heavy atom. The zero-order valence-corrected chi connectivity index (χ0v) is 15.7. The molecular weight excluding hydrogens is 393 g/mol. The average Bonchev–Trinajstić information content (AvgIpc) is 3.16. The van der Waals surface area contributed by atoms with E-state index in [1.54, 1.807) is 36.8 Å². The molecule has 3 aromatic heterocycles. The summed E-state index contributed by atoms with van der Waals surface area (Å²) in [5, 5.41) is 1.89. The topological polar surface area (TPSA) is 59.3 Å². The van der Waals surface area contributed by atoms with Crippen LogP contribution in [-0.4, -0.2) is 33.0 Å². The van der Waals surface area contributed by atoms with Crippen molar-refractivity contribution < 1.29 is 18.0 Å². The second kappa shape index (κ2) is 7.98. The summed E-state index contributed by atoms with van der Waals surface area (Å²) >= 11 is 0. The minimum absolute atomic E-state index is 0.133. The fourth-order valence-electron chi connectivity index (χ4n) is 3.19. The molecular formula is C22H17F3N4O. The molecule has 30 heavy (non-hydrogen) atoms. The van der Waals surface area contributed by atoms with Crippen LogP contribution < -0.4 is 5.32 Å². The number of amides is 1. The summed E-state index contributed by atoms with van der Waals surface area (Å²) in [6.45, 7) is -1.34. The Kier molecular flexibility index (Phi) is 5.22. The summed E-state index contributed by atoms with van der Waals surface area (Å²) in [6, 6.07) is 14.9. The molecule has 0 atom stereocenters. The highest BCUT2D eigenvalue weighted by Crippen LogP contribution is 2.25. The molecule has 0 aliphatic heterocycles. The molecule has 152 valence electrons. The summed E-state index contributed by atoms with van der Waals surface area (Å²) in [5.74, 6) is -0.677. The zero-order chi connectivity index (χ0) is 21.1. The monoisotopic (exact) mass is 410 g/mol. The van der Waals surface area contributed by atoms with Crippen molar-refractivity contribution in [3.8, 4) is 22.4 Å². The van der Waals surface area contributed by atoms with E-state index < -0.39 is 18.6 Å². The van der Waals surface area contributed by atoms with Crippen LogP contribution in [0.25, 0.3) is 28.0 Å². The van der Waals surface area contributed by atoms with Gasteiger partial charge in [0.25, 0.3) is 0 Å². The van der Waals surface area contributed by atoms with Gasteiger partial charge in [0.2, 0.25) is 5.91 Å². The number of imidazole rings is 1. The van der Waals surface area contributed by atoms with Crippen molar-refractivity contribution >= 4 is 11.6 Å². The lowest BCUT2D eigenvalue weighted by Gasteiger charge is -2.09. The first kappa shape index (κ1) is 19.6. The summed E-state index contributed by atoms with van der Waals surface area (Å²) in [7, 11) is 0. The lowest BCUT2D eigenvalue weighted by molar-refractivity contribution is -0.138. The maximum absolute atomic E-state index is 12.3. The van der Waals surface area contributed by atoms with Gasteiger partial charge in [0, 0.05) is 29.7 Å². The van der Waals surface area contributed by atoms with Gasteiger partial charge in [-0.2, -0.15) is 13.2 Å². The predicted octanol–water partition coefficient (Wildman–Crippen LogP) is 4.28. The van der Waals surface area contributed by atoms with E-state index in [2.05, 4.69) is 9.97 Å². The molecule has 0 saturated carbocycles. The van der Waals surface area contributed by atoms with Crippen molar-refractivity contribution in [2.75, 3.05) is 6.54 Å². The van der Waals surface area contributed by atoms with Crippen LogP contribution in [0.15, 0.2) is 73.3 Å². The Balaban J connectivity index is 1.57. The second-order valence-electron chi connectivity index (χ2n) is 6.80. The SMILES string of the molecule is O=C(Cc1cccc(-c2cnc3cc(-c4cccnc4)ccn23)c1)NCC(F)(F)F. The Hall–Kier alpha value is -3.68. The van der Waals surface area contributed by atoms with Gasteiger partial charge in [-0.3, -0.25) is 14.2 Å². The molecule has 0 saturated heterocycles. The van der Waals surface area contributed by atoms with Gasteiger partial charge in [-0.05, 0) is 35.4 Å². The average molecular weight is 410 g/mol. The number of hydrogen-bond donors (Lipinski definition) is 1. The molecule has 0 aliphatic rings. The minimum atomic E-state index is -4.43. The molecule has 4 aromatic rings. The van der Waals surface area contributed by atoms with Crippen LogP contribution in [0.3, 0.4) is 0 Å². The van der Waals surface area contributed by atoms with Crippen molar-refractivity contribution in [3.05, 3.63) is 78.9 Å². The highest BCUT2D eigenvalue weighted by atomic mass is 19.4. The summed E-state index contributed by atoms with van der Waals surface area (Å²) in [5.41, 5.74) is 4.98. The van der Waals surface area contributed by atoms with Crippen LogP contribution in [0, 0.1) is 0 Å². The van der Waals surface area contributed by atoms with Gasteiger partial charge >= 0.3 is 6.18 Å². The summed E-state index contributed by atoms with van der Waals surface area (Å²) < 4.78 is 38.7. The van der Waals surface area contributed by atoms with Gasteiger partial charge in [-0.1, -0.05) is 24.3 Å². The molecule has 1 N–H and O–H groups in total. The van der Waals surface area contributed by atoms with Crippen LogP contribution in [-0.2, 0) is 11.2 Å². The summed E-state index contributed by atoms with van der Waals surface area (Å²) in [4.78, 5) is 20.4. The number of benzene rings is 1. The number of carbonyl (C=O) groups excluding carboxylic acids is 1. The molecule has 0 radical (unpaired) electrons. The first-order valence-electron chi connectivity index (χ1n) is 9.19. The molecule has 1 amide bonds. The fourth-order valence-corrected chi connectivity index (χ4v) is 3.19. The Labute approximate surface area is 170 Å². The number of fused-ring (bicyclic) bond motifs is 1. The molecule has 5 nitrogen and oxygen atoms in total. The number of rotatable bonds is 5. The number of carbonyl (C=O) groups is 1. The quantitative estimate of drug-likeness (QED) is 0.534. The molecule has 0 fully saturated rings. The third-order valence-electron chi connectivity index (χ3n) is 4.58. The molecule has 0 unspecified atom stereocenters. The van der Waals surface area contributed by atoms with Crippen LogP contribution in [0.1, 0.15) is 5.56 Å². The normalized spacial score (nSPS) is 11.6. The van der Waals surface area contributed by atoms with E-state index in [9.17, 15) is 18.0 Å². The zero-order valence-electron chi connectivity index (χ0n) is 15.7. The van der Waals surface area contributed by atoms with E-state index in [1.807, 2.05) is 46.2 Å². The van der Waals surface area contributed by atoms with E-state index in [1.165, 1.54) is 0 Å². The molecule has 0 aliphatic carbocycles. The molecule has 1 aromatic carbocycles. The van der Waals surface area contributed by atoms with E-state index in [4.69, 9.17) is 0 Å². The van der Waals surface area contributed by atoms with Crippen molar-refractivity contribution in [3.63, 3.8) is 0 Å². The van der Waals surface area contributed by atoms with Crippen molar-refractivity contribution in [2.24, 2.45) is 0 Å². The fraction of sp³-hybridized carbons (Fsp3) is 0.136. The van der Waals surface area contributed by atoms with Gasteiger partial charge in [0.1, 0.15) is 12.2 Å². The smallest absolute Gasteiger partial charge is 0.347 e. The second-order valence-corrected chi connectivity index (χ2v) is 6.80. The number of halogens is 3. The van der Waals surface area contributed by atoms with Crippen molar-refractivity contribution in [2.45, 2.75) is 12.6 Å². The number of nitrogens with zero attached hydrogens (tertiary/aromatic N) is 3. The van der Waals surface area contributed by atoms with E-state index in [0.717, 1.165) is 28.0 Å². The highest BCUT2D eigenvalue weighted by Gasteiger charge is 2.27. The van der Waals surface area contributed by atoms with Gasteiger partial charge in [0.05, 0.1) is 18.3 Å². The minimum Gasteiger partial charge on any atom is -0.347 e. The molecule has 0 bridgehead atoms. The maximum Gasteiger partial charge on any atom is 0.405 e. The number of alkyl halides is 3. The third kappa shape index (κ3) is 4.48. The number of aromatic nitrogens is 3. The largest absolute Gasteiger partial charge is 0.405 e. The van der Waals surface area contributed by atoms with Crippen LogP contribution in [0.2, 0.25) is 0 Å². The van der Waals surface area contributed by atoms with Gasteiger partial charge in [-0.25, -0.2) is 4.98 Å². The van der Waals surface area contributed by atoms with E-state index in [0.29, 0.717) is 5.56 Å². The Morgan fingerprint density at radius 2 is 1.83 bits per heavy atom. The number of pyridine rings is 2. The van der Waals surface area contributed by atoms with E-state index in [-0.39, 0.29) is 6.42 Å². The van der Waals surface area contributed by atoms with Crippen LogP contribution in [0.4, 0.5) is 13.2 Å².